The Hall–Kier alpha value is -2.42. The molecular formula is C17H23N3O5S. The summed E-state index contributed by atoms with van der Waals surface area (Å²) >= 11 is 0. The van der Waals surface area contributed by atoms with Crippen LogP contribution in [0.5, 0.6) is 0 Å². The molecule has 0 spiro atoms. The van der Waals surface area contributed by atoms with Crippen molar-refractivity contribution in [2.24, 2.45) is 4.40 Å². The Labute approximate surface area is 153 Å². The van der Waals surface area contributed by atoms with Gasteiger partial charge < -0.3 is 14.5 Å². The van der Waals surface area contributed by atoms with Crippen molar-refractivity contribution < 1.29 is 22.7 Å². The van der Waals surface area contributed by atoms with E-state index in [2.05, 4.69) is 4.40 Å². The lowest BCUT2D eigenvalue weighted by atomic mass is 10.2. The second-order valence-corrected chi connectivity index (χ2v) is 8.65. The van der Waals surface area contributed by atoms with Gasteiger partial charge in [0.25, 0.3) is 10.0 Å². The van der Waals surface area contributed by atoms with Crippen LogP contribution in [0.3, 0.4) is 0 Å². The maximum absolute atomic E-state index is 12.4. The number of carbonyl (C=O) groups excluding carboxylic acids is 2. The van der Waals surface area contributed by atoms with Gasteiger partial charge in [-0.2, -0.15) is 8.42 Å². The molecule has 0 unspecified atom stereocenters. The molecule has 0 fully saturated rings. The van der Waals surface area contributed by atoms with Gasteiger partial charge >= 0.3 is 5.97 Å². The van der Waals surface area contributed by atoms with E-state index in [1.807, 2.05) is 0 Å². The number of benzene rings is 1. The third-order valence-corrected chi connectivity index (χ3v) is 4.88. The minimum absolute atomic E-state index is 0.122. The molecule has 1 aromatic carbocycles. The quantitative estimate of drug-likeness (QED) is 0.718. The summed E-state index contributed by atoms with van der Waals surface area (Å²) in [6.07, 6.45) is 0. The molecule has 0 aromatic heterocycles. The van der Waals surface area contributed by atoms with E-state index in [0.717, 1.165) is 0 Å². The zero-order valence-electron chi connectivity index (χ0n) is 15.5. The normalized spacial score (nSPS) is 15.0. The molecule has 26 heavy (non-hydrogen) atoms. The van der Waals surface area contributed by atoms with E-state index in [4.69, 9.17) is 4.74 Å². The molecule has 1 amide bonds. The number of hydrogen-bond acceptors (Lipinski definition) is 6. The maximum Gasteiger partial charge on any atom is 0.326 e. The summed E-state index contributed by atoms with van der Waals surface area (Å²) in [5, 5.41) is 0. The van der Waals surface area contributed by atoms with Crippen LogP contribution in [0.2, 0.25) is 0 Å². The third-order valence-electron chi connectivity index (χ3n) is 3.56. The fraction of sp³-hybridized carbons (Fsp3) is 0.471. The average molecular weight is 381 g/mol. The number of amidine groups is 1. The first kappa shape index (κ1) is 19.9. The number of amides is 1. The first-order valence-electron chi connectivity index (χ1n) is 8.02. The topological polar surface area (TPSA) is 96.3 Å². The fourth-order valence-corrected chi connectivity index (χ4v) is 3.67. The van der Waals surface area contributed by atoms with E-state index in [-0.39, 0.29) is 29.7 Å². The van der Waals surface area contributed by atoms with Gasteiger partial charge in [0.2, 0.25) is 5.91 Å². The highest BCUT2D eigenvalue weighted by molar-refractivity contribution is 7.90. The third kappa shape index (κ3) is 4.60. The lowest BCUT2D eigenvalue weighted by Gasteiger charge is -2.24. The molecule has 0 bridgehead atoms. The number of carbonyl (C=O) groups is 2. The lowest BCUT2D eigenvalue weighted by molar-refractivity contribution is -0.158. The standard InChI is InChI=1S/C17H23N3O5S/c1-17(2,3)25-15(22)11-19(4)14(21)10-20(5)16-12-8-6-7-9-13(12)26(23,24)18-16/h6-9H,10-11H2,1-5H3. The van der Waals surface area contributed by atoms with E-state index in [1.54, 1.807) is 46.0 Å². The van der Waals surface area contributed by atoms with Crippen LogP contribution in [-0.2, 0) is 24.3 Å². The minimum atomic E-state index is -3.75. The molecule has 0 atom stereocenters. The predicted octanol–water partition coefficient (Wildman–Crippen LogP) is 0.867. The monoisotopic (exact) mass is 381 g/mol. The summed E-state index contributed by atoms with van der Waals surface area (Å²) in [5.41, 5.74) is -0.174. The van der Waals surface area contributed by atoms with E-state index >= 15 is 0 Å². The first-order valence-corrected chi connectivity index (χ1v) is 9.46. The van der Waals surface area contributed by atoms with E-state index in [9.17, 15) is 18.0 Å². The number of rotatable bonds is 4. The van der Waals surface area contributed by atoms with Crippen molar-refractivity contribution in [1.82, 2.24) is 9.80 Å². The highest BCUT2D eigenvalue weighted by atomic mass is 32.2. The van der Waals surface area contributed by atoms with Gasteiger partial charge in [-0.1, -0.05) is 12.1 Å². The van der Waals surface area contributed by atoms with Crippen LogP contribution >= 0.6 is 0 Å². The minimum Gasteiger partial charge on any atom is -0.459 e. The largest absolute Gasteiger partial charge is 0.459 e. The Morgan fingerprint density at radius 2 is 1.73 bits per heavy atom. The summed E-state index contributed by atoms with van der Waals surface area (Å²) in [4.78, 5) is 27.0. The van der Waals surface area contributed by atoms with E-state index in [0.29, 0.717) is 5.56 Å². The molecule has 9 heteroatoms. The van der Waals surface area contributed by atoms with Gasteiger partial charge in [-0.25, -0.2) is 0 Å². The van der Waals surface area contributed by atoms with Crippen molar-refractivity contribution in [3.63, 3.8) is 0 Å². The Bertz CT molecular complexity index is 855. The molecule has 0 N–H and O–H groups in total. The average Bonchev–Trinajstić information content (AvgIpc) is 2.77. The molecule has 8 nitrogen and oxygen atoms in total. The molecule has 1 aliphatic heterocycles. The number of likely N-dealkylation sites (N-methyl/N-ethyl adjacent to an activating group) is 2. The molecule has 0 saturated carbocycles. The first-order chi connectivity index (χ1) is 11.9. The van der Waals surface area contributed by atoms with Gasteiger partial charge in [0.1, 0.15) is 17.0 Å². The van der Waals surface area contributed by atoms with Crippen molar-refractivity contribution in [1.29, 1.82) is 0 Å². The van der Waals surface area contributed by atoms with E-state index < -0.39 is 21.6 Å². The van der Waals surface area contributed by atoms with Crippen LogP contribution in [0, 0.1) is 0 Å². The molecule has 1 heterocycles. The van der Waals surface area contributed by atoms with Crippen LogP contribution in [0.15, 0.2) is 33.6 Å². The van der Waals surface area contributed by atoms with Crippen molar-refractivity contribution in [3.05, 3.63) is 29.8 Å². The van der Waals surface area contributed by atoms with Gasteiger partial charge in [0.15, 0.2) is 5.84 Å². The summed E-state index contributed by atoms with van der Waals surface area (Å²) < 4.78 is 33.1. The second kappa shape index (κ2) is 7.06. The van der Waals surface area contributed by atoms with Crippen LogP contribution < -0.4 is 0 Å². The van der Waals surface area contributed by atoms with Crippen LogP contribution in [0.4, 0.5) is 0 Å². The summed E-state index contributed by atoms with van der Waals surface area (Å²) in [7, 11) is -0.682. The molecule has 1 aromatic rings. The number of esters is 1. The molecule has 0 saturated heterocycles. The number of fused-ring (bicyclic) bond motifs is 1. The Morgan fingerprint density at radius 1 is 1.12 bits per heavy atom. The zero-order chi connectivity index (χ0) is 19.7. The van der Waals surface area contributed by atoms with Gasteiger partial charge in [-0.3, -0.25) is 9.59 Å². The van der Waals surface area contributed by atoms with Crippen molar-refractivity contribution >= 4 is 27.7 Å². The van der Waals surface area contributed by atoms with E-state index in [1.165, 1.54) is 22.9 Å². The molecule has 2 rings (SSSR count). The number of nitrogens with zero attached hydrogens (tertiary/aromatic N) is 3. The van der Waals surface area contributed by atoms with Crippen LogP contribution in [0.25, 0.3) is 0 Å². The van der Waals surface area contributed by atoms with Crippen molar-refractivity contribution in [2.45, 2.75) is 31.3 Å². The van der Waals surface area contributed by atoms with Gasteiger partial charge in [-0.15, -0.1) is 4.40 Å². The highest BCUT2D eigenvalue weighted by Gasteiger charge is 2.31. The Morgan fingerprint density at radius 3 is 2.35 bits per heavy atom. The lowest BCUT2D eigenvalue weighted by Crippen LogP contribution is -2.42. The molecular weight excluding hydrogens is 358 g/mol. The number of ether oxygens (including phenoxy) is 1. The highest BCUT2D eigenvalue weighted by Crippen LogP contribution is 2.26. The molecule has 142 valence electrons. The zero-order valence-corrected chi connectivity index (χ0v) is 16.3. The van der Waals surface area contributed by atoms with Crippen molar-refractivity contribution in [2.75, 3.05) is 27.2 Å². The molecule has 0 aliphatic carbocycles. The SMILES string of the molecule is CN(CC(=O)OC(C)(C)C)C(=O)CN(C)C1=NS(=O)(=O)c2ccccc21. The number of sulfonamides is 1. The molecule has 0 radical (unpaired) electrons. The van der Waals surface area contributed by atoms with Crippen LogP contribution in [-0.4, -0.2) is 68.7 Å². The summed E-state index contributed by atoms with van der Waals surface area (Å²) in [5.74, 6) is -0.662. The maximum atomic E-state index is 12.4. The fourth-order valence-electron chi connectivity index (χ4n) is 2.42. The van der Waals surface area contributed by atoms with Gasteiger partial charge in [-0.05, 0) is 32.9 Å². The smallest absolute Gasteiger partial charge is 0.326 e. The van der Waals surface area contributed by atoms with Gasteiger partial charge in [0, 0.05) is 19.7 Å². The Kier molecular flexibility index (Phi) is 5.41. The second-order valence-electron chi connectivity index (χ2n) is 7.08. The van der Waals surface area contributed by atoms with Crippen LogP contribution in [0.1, 0.15) is 26.3 Å². The van der Waals surface area contributed by atoms with Crippen molar-refractivity contribution in [3.8, 4) is 0 Å². The predicted molar refractivity (Wildman–Crippen MR) is 96.3 cm³/mol. The molecule has 1 aliphatic rings. The Balaban J connectivity index is 2.05. The number of hydrogen-bond donors (Lipinski definition) is 0. The summed E-state index contributed by atoms with van der Waals surface area (Å²) in [6, 6.07) is 6.45. The van der Waals surface area contributed by atoms with Gasteiger partial charge in [0.05, 0.1) is 6.54 Å². The summed E-state index contributed by atoms with van der Waals surface area (Å²) in [6.45, 7) is 4.93.